The highest BCUT2D eigenvalue weighted by molar-refractivity contribution is 7.92. The summed E-state index contributed by atoms with van der Waals surface area (Å²) in [7, 11) is 0.118. The van der Waals surface area contributed by atoms with E-state index in [2.05, 4.69) is 14.9 Å². The lowest BCUT2D eigenvalue weighted by atomic mass is 10.2. The van der Waals surface area contributed by atoms with Crippen molar-refractivity contribution in [2.24, 2.45) is 0 Å². The van der Waals surface area contributed by atoms with Crippen LogP contribution in [0.2, 0.25) is 0 Å². The zero-order chi connectivity index (χ0) is 18.0. The SMILES string of the molecule is Cc1nnc(-c2cccc(S(=O)(=O)Nc3ccc(N(C)C)cc3)c2)o1. The van der Waals surface area contributed by atoms with Crippen molar-refractivity contribution in [3.05, 3.63) is 54.4 Å². The van der Waals surface area contributed by atoms with Gasteiger partial charge in [0.05, 0.1) is 4.90 Å². The monoisotopic (exact) mass is 358 g/mol. The first-order valence-electron chi connectivity index (χ1n) is 7.56. The van der Waals surface area contributed by atoms with Crippen molar-refractivity contribution in [2.45, 2.75) is 11.8 Å². The molecule has 3 rings (SSSR count). The number of anilines is 2. The van der Waals surface area contributed by atoms with Gasteiger partial charge in [-0.05, 0) is 42.5 Å². The molecule has 0 aliphatic carbocycles. The van der Waals surface area contributed by atoms with Gasteiger partial charge >= 0.3 is 0 Å². The molecule has 1 N–H and O–H groups in total. The van der Waals surface area contributed by atoms with Gasteiger partial charge in [-0.3, -0.25) is 4.72 Å². The van der Waals surface area contributed by atoms with E-state index in [-0.39, 0.29) is 10.8 Å². The van der Waals surface area contributed by atoms with Gasteiger partial charge in [-0.25, -0.2) is 8.42 Å². The predicted octanol–water partition coefficient (Wildman–Crippen LogP) is 2.91. The Kier molecular flexibility index (Phi) is 4.45. The zero-order valence-electron chi connectivity index (χ0n) is 14.1. The van der Waals surface area contributed by atoms with E-state index in [9.17, 15) is 8.42 Å². The Balaban J connectivity index is 1.87. The van der Waals surface area contributed by atoms with E-state index in [1.807, 2.05) is 31.1 Å². The highest BCUT2D eigenvalue weighted by atomic mass is 32.2. The molecule has 7 nitrogen and oxygen atoms in total. The van der Waals surface area contributed by atoms with E-state index in [0.29, 0.717) is 17.1 Å². The fourth-order valence-electron chi connectivity index (χ4n) is 2.25. The molecular formula is C17H18N4O3S. The molecule has 1 aromatic heterocycles. The first-order valence-corrected chi connectivity index (χ1v) is 9.04. The van der Waals surface area contributed by atoms with Crippen LogP contribution in [0.25, 0.3) is 11.5 Å². The molecule has 0 fully saturated rings. The minimum atomic E-state index is -3.72. The Labute approximate surface area is 146 Å². The number of aryl methyl sites for hydroxylation is 1. The van der Waals surface area contributed by atoms with Gasteiger partial charge in [0.15, 0.2) is 0 Å². The predicted molar refractivity (Wildman–Crippen MR) is 96.0 cm³/mol. The molecule has 0 spiro atoms. The van der Waals surface area contributed by atoms with Crippen molar-refractivity contribution in [3.8, 4) is 11.5 Å². The number of rotatable bonds is 5. The van der Waals surface area contributed by atoms with Crippen molar-refractivity contribution in [1.82, 2.24) is 10.2 Å². The molecule has 0 aliphatic heterocycles. The Morgan fingerprint density at radius 3 is 2.36 bits per heavy atom. The molecule has 0 aliphatic rings. The van der Waals surface area contributed by atoms with Gasteiger partial charge in [0, 0.05) is 38.0 Å². The van der Waals surface area contributed by atoms with Crippen LogP contribution in [-0.4, -0.2) is 32.7 Å². The third kappa shape index (κ3) is 3.80. The maximum Gasteiger partial charge on any atom is 0.261 e. The lowest BCUT2D eigenvalue weighted by molar-refractivity contribution is 0.532. The number of nitrogens with one attached hydrogen (secondary N) is 1. The molecule has 8 heteroatoms. The second-order valence-electron chi connectivity index (χ2n) is 5.70. The lowest BCUT2D eigenvalue weighted by Gasteiger charge is -2.13. The Morgan fingerprint density at radius 1 is 1.04 bits per heavy atom. The van der Waals surface area contributed by atoms with E-state index in [1.165, 1.54) is 12.1 Å². The summed E-state index contributed by atoms with van der Waals surface area (Å²) in [5, 5.41) is 7.67. The Bertz CT molecular complexity index is 979. The first-order chi connectivity index (χ1) is 11.8. The van der Waals surface area contributed by atoms with Crippen LogP contribution in [0.4, 0.5) is 11.4 Å². The standard InChI is InChI=1S/C17H18N4O3S/c1-12-18-19-17(24-12)13-5-4-6-16(11-13)25(22,23)20-14-7-9-15(10-8-14)21(2)3/h4-11,20H,1-3H3. The van der Waals surface area contributed by atoms with Gasteiger partial charge in [0.2, 0.25) is 11.8 Å². The summed E-state index contributed by atoms with van der Waals surface area (Å²) >= 11 is 0. The Morgan fingerprint density at radius 2 is 1.76 bits per heavy atom. The van der Waals surface area contributed by atoms with Crippen LogP contribution in [-0.2, 0) is 10.0 Å². The average molecular weight is 358 g/mol. The Hall–Kier alpha value is -2.87. The van der Waals surface area contributed by atoms with Crippen LogP contribution >= 0.6 is 0 Å². The molecule has 130 valence electrons. The number of nitrogens with zero attached hydrogens (tertiary/aromatic N) is 3. The molecule has 0 bridgehead atoms. The third-order valence-corrected chi connectivity index (χ3v) is 4.93. The molecule has 2 aromatic carbocycles. The highest BCUT2D eigenvalue weighted by Crippen LogP contribution is 2.24. The molecule has 0 amide bonds. The molecular weight excluding hydrogens is 340 g/mol. The van der Waals surface area contributed by atoms with Gasteiger partial charge in [0.1, 0.15) is 0 Å². The van der Waals surface area contributed by atoms with Gasteiger partial charge in [-0.1, -0.05) is 6.07 Å². The lowest BCUT2D eigenvalue weighted by Crippen LogP contribution is -2.13. The molecule has 0 saturated heterocycles. The summed E-state index contributed by atoms with van der Waals surface area (Å²) in [6.07, 6.45) is 0. The number of aromatic nitrogens is 2. The molecule has 25 heavy (non-hydrogen) atoms. The third-order valence-electron chi connectivity index (χ3n) is 3.55. The van der Waals surface area contributed by atoms with Crippen molar-refractivity contribution in [1.29, 1.82) is 0 Å². The smallest absolute Gasteiger partial charge is 0.261 e. The average Bonchev–Trinajstić information content (AvgIpc) is 3.02. The van der Waals surface area contributed by atoms with E-state index in [1.54, 1.807) is 31.2 Å². The van der Waals surface area contributed by atoms with Crippen LogP contribution in [0.1, 0.15) is 5.89 Å². The number of hydrogen-bond acceptors (Lipinski definition) is 6. The summed E-state index contributed by atoms with van der Waals surface area (Å²) < 4.78 is 33.2. The molecule has 0 saturated carbocycles. The quantitative estimate of drug-likeness (QED) is 0.754. The minimum Gasteiger partial charge on any atom is -0.421 e. The van der Waals surface area contributed by atoms with Crippen molar-refractivity contribution in [2.75, 3.05) is 23.7 Å². The van der Waals surface area contributed by atoms with E-state index in [0.717, 1.165) is 5.69 Å². The minimum absolute atomic E-state index is 0.123. The summed E-state index contributed by atoms with van der Waals surface area (Å²) in [6, 6.07) is 13.5. The second-order valence-corrected chi connectivity index (χ2v) is 7.38. The molecule has 3 aromatic rings. The van der Waals surface area contributed by atoms with Gasteiger partial charge in [-0.15, -0.1) is 10.2 Å². The zero-order valence-corrected chi connectivity index (χ0v) is 14.9. The van der Waals surface area contributed by atoms with Gasteiger partial charge in [0.25, 0.3) is 10.0 Å². The molecule has 1 heterocycles. The fourth-order valence-corrected chi connectivity index (χ4v) is 3.36. The second kappa shape index (κ2) is 6.56. The number of hydrogen-bond donors (Lipinski definition) is 1. The maximum absolute atomic E-state index is 12.6. The summed E-state index contributed by atoms with van der Waals surface area (Å²) in [5.41, 5.74) is 2.02. The topological polar surface area (TPSA) is 88.3 Å². The van der Waals surface area contributed by atoms with E-state index in [4.69, 9.17) is 4.42 Å². The fraction of sp³-hybridized carbons (Fsp3) is 0.176. The van der Waals surface area contributed by atoms with Gasteiger partial charge in [-0.2, -0.15) is 0 Å². The molecule has 0 unspecified atom stereocenters. The maximum atomic E-state index is 12.6. The normalized spacial score (nSPS) is 11.3. The van der Waals surface area contributed by atoms with Crippen LogP contribution in [0, 0.1) is 6.92 Å². The van der Waals surface area contributed by atoms with Gasteiger partial charge < -0.3 is 9.32 Å². The van der Waals surface area contributed by atoms with Crippen molar-refractivity contribution in [3.63, 3.8) is 0 Å². The summed E-state index contributed by atoms with van der Waals surface area (Å²) in [6.45, 7) is 1.68. The highest BCUT2D eigenvalue weighted by Gasteiger charge is 2.16. The van der Waals surface area contributed by atoms with Crippen molar-refractivity contribution >= 4 is 21.4 Å². The number of sulfonamides is 1. The van der Waals surface area contributed by atoms with Crippen LogP contribution in [0.15, 0.2) is 57.8 Å². The molecule has 0 radical (unpaired) electrons. The van der Waals surface area contributed by atoms with Crippen LogP contribution in [0.5, 0.6) is 0 Å². The summed E-state index contributed by atoms with van der Waals surface area (Å²) in [5.74, 6) is 0.701. The summed E-state index contributed by atoms with van der Waals surface area (Å²) in [4.78, 5) is 2.06. The largest absolute Gasteiger partial charge is 0.421 e. The van der Waals surface area contributed by atoms with Crippen LogP contribution < -0.4 is 9.62 Å². The molecule has 0 atom stereocenters. The first kappa shape index (κ1) is 17.0. The van der Waals surface area contributed by atoms with E-state index < -0.39 is 10.0 Å². The van der Waals surface area contributed by atoms with Crippen LogP contribution in [0.3, 0.4) is 0 Å². The van der Waals surface area contributed by atoms with Crippen molar-refractivity contribution < 1.29 is 12.8 Å². The number of benzene rings is 2. The van der Waals surface area contributed by atoms with E-state index >= 15 is 0 Å².